The van der Waals surface area contributed by atoms with Crippen molar-refractivity contribution in [2.24, 2.45) is 0 Å². The largest absolute Gasteiger partial charge is 0.278 e. The van der Waals surface area contributed by atoms with Crippen molar-refractivity contribution in [1.29, 1.82) is 0 Å². The van der Waals surface area contributed by atoms with Crippen LogP contribution in [0.15, 0.2) is 158 Å². The molecule has 226 valence electrons. The lowest BCUT2D eigenvalue weighted by molar-refractivity contribution is 1.01. The molecule has 0 bridgehead atoms. The molecule has 3 heterocycles. The molecule has 0 saturated heterocycles. The molecule has 11 aromatic rings. The van der Waals surface area contributed by atoms with Crippen LogP contribution >= 0.6 is 0 Å². The Morgan fingerprint density at radius 3 is 2.02 bits per heavy atom. The molecular formula is C45H26N4. The molecule has 0 unspecified atom stereocenters. The minimum atomic E-state index is 0.656. The van der Waals surface area contributed by atoms with Gasteiger partial charge in [0.2, 0.25) is 5.95 Å². The van der Waals surface area contributed by atoms with Crippen molar-refractivity contribution in [3.05, 3.63) is 158 Å². The first-order valence-electron chi connectivity index (χ1n) is 16.6. The van der Waals surface area contributed by atoms with Gasteiger partial charge in [0.15, 0.2) is 0 Å². The molecule has 0 aliphatic rings. The fourth-order valence-electron chi connectivity index (χ4n) is 8.10. The lowest BCUT2D eigenvalue weighted by atomic mass is 9.89. The molecule has 4 nitrogen and oxygen atoms in total. The van der Waals surface area contributed by atoms with E-state index in [1.165, 1.54) is 48.7 Å². The van der Waals surface area contributed by atoms with Gasteiger partial charge in [-0.05, 0) is 79.2 Å². The van der Waals surface area contributed by atoms with Crippen LogP contribution in [0.25, 0.3) is 104 Å². The smallest absolute Gasteiger partial charge is 0.235 e. The summed E-state index contributed by atoms with van der Waals surface area (Å²) in [6.45, 7) is 0. The molecule has 0 aliphatic carbocycles. The zero-order valence-electron chi connectivity index (χ0n) is 26.3. The minimum Gasteiger partial charge on any atom is -0.278 e. The second-order valence-corrected chi connectivity index (χ2v) is 12.8. The summed E-state index contributed by atoms with van der Waals surface area (Å²) in [5, 5.41) is 13.2. The van der Waals surface area contributed by atoms with Gasteiger partial charge in [0.05, 0.1) is 22.2 Å². The second kappa shape index (κ2) is 9.93. The Bertz CT molecular complexity index is 3090. The third-order valence-electron chi connectivity index (χ3n) is 10.2. The topological polar surface area (TPSA) is 43.6 Å². The molecular weight excluding hydrogens is 597 g/mol. The van der Waals surface area contributed by atoms with Crippen LogP contribution in [0.2, 0.25) is 0 Å². The Morgan fingerprint density at radius 1 is 0.408 bits per heavy atom. The normalized spacial score (nSPS) is 12.1. The van der Waals surface area contributed by atoms with Crippen LogP contribution < -0.4 is 0 Å². The molecule has 0 saturated carbocycles. The van der Waals surface area contributed by atoms with Gasteiger partial charge in [-0.2, -0.15) is 0 Å². The van der Waals surface area contributed by atoms with Crippen LogP contribution in [0.3, 0.4) is 0 Å². The third-order valence-corrected chi connectivity index (χ3v) is 10.2. The summed E-state index contributed by atoms with van der Waals surface area (Å²) < 4.78 is 2.29. The summed E-state index contributed by atoms with van der Waals surface area (Å²) in [6.07, 6.45) is 3.76. The Hall–Kier alpha value is -6.65. The first kappa shape index (κ1) is 26.4. The van der Waals surface area contributed by atoms with E-state index >= 15 is 0 Å². The van der Waals surface area contributed by atoms with Gasteiger partial charge in [0.25, 0.3) is 0 Å². The fourth-order valence-corrected chi connectivity index (χ4v) is 8.10. The maximum atomic E-state index is 5.48. The van der Waals surface area contributed by atoms with Crippen molar-refractivity contribution in [3.8, 4) is 28.3 Å². The summed E-state index contributed by atoms with van der Waals surface area (Å²) >= 11 is 0. The number of nitrogens with zero attached hydrogens (tertiary/aromatic N) is 4. The molecule has 0 spiro atoms. The number of pyridine rings is 1. The van der Waals surface area contributed by atoms with Crippen molar-refractivity contribution in [2.45, 2.75) is 0 Å². The van der Waals surface area contributed by atoms with Crippen molar-refractivity contribution < 1.29 is 0 Å². The summed E-state index contributed by atoms with van der Waals surface area (Å²) in [7, 11) is 0. The summed E-state index contributed by atoms with van der Waals surface area (Å²) in [4.78, 5) is 15.2. The van der Waals surface area contributed by atoms with E-state index < -0.39 is 0 Å². The average Bonchev–Trinajstić information content (AvgIpc) is 3.52. The van der Waals surface area contributed by atoms with Crippen LogP contribution in [0, 0.1) is 0 Å². The molecule has 0 radical (unpaired) electrons. The van der Waals surface area contributed by atoms with E-state index in [1.54, 1.807) is 0 Å². The van der Waals surface area contributed by atoms with Crippen LogP contribution in [0.4, 0.5) is 0 Å². The summed E-state index contributed by atoms with van der Waals surface area (Å²) in [5.41, 5.74) is 7.40. The zero-order chi connectivity index (χ0) is 32.1. The molecule has 0 atom stereocenters. The Morgan fingerprint density at radius 2 is 1.14 bits per heavy atom. The van der Waals surface area contributed by atoms with E-state index in [0.717, 1.165) is 49.5 Å². The van der Waals surface area contributed by atoms with E-state index in [4.69, 9.17) is 9.97 Å². The minimum absolute atomic E-state index is 0.656. The highest BCUT2D eigenvalue weighted by atomic mass is 15.2. The van der Waals surface area contributed by atoms with Gasteiger partial charge in [-0.25, -0.2) is 9.97 Å². The predicted molar refractivity (Wildman–Crippen MR) is 204 cm³/mol. The molecule has 8 aromatic carbocycles. The number of aromatic nitrogens is 4. The Balaban J connectivity index is 1.35. The number of rotatable bonds is 3. The van der Waals surface area contributed by atoms with E-state index in [-0.39, 0.29) is 0 Å². The maximum Gasteiger partial charge on any atom is 0.235 e. The van der Waals surface area contributed by atoms with E-state index in [1.807, 2.05) is 18.5 Å². The van der Waals surface area contributed by atoms with Gasteiger partial charge in [0.1, 0.15) is 0 Å². The van der Waals surface area contributed by atoms with Gasteiger partial charge in [-0.3, -0.25) is 9.55 Å². The van der Waals surface area contributed by atoms with E-state index in [2.05, 4.69) is 149 Å². The van der Waals surface area contributed by atoms with E-state index in [0.29, 0.717) is 5.95 Å². The van der Waals surface area contributed by atoms with E-state index in [9.17, 15) is 0 Å². The van der Waals surface area contributed by atoms with Crippen LogP contribution in [0.5, 0.6) is 0 Å². The van der Waals surface area contributed by atoms with Crippen LogP contribution in [-0.4, -0.2) is 19.5 Å². The lowest BCUT2D eigenvalue weighted by Gasteiger charge is -2.14. The van der Waals surface area contributed by atoms with Gasteiger partial charge >= 0.3 is 0 Å². The summed E-state index contributed by atoms with van der Waals surface area (Å²) in [6, 6.07) is 52.1. The molecule has 0 amide bonds. The van der Waals surface area contributed by atoms with Crippen molar-refractivity contribution in [2.75, 3.05) is 0 Å². The predicted octanol–water partition coefficient (Wildman–Crippen LogP) is 11.5. The third kappa shape index (κ3) is 3.71. The first-order chi connectivity index (χ1) is 24.3. The SMILES string of the molecule is c1ccc(-c2cc3c4ccc5ccccc5c4c4cccc5c4c3c(c2)n5-c2nc(-c3ccccc3)c3c(ccc4cnccc43)n2)cc1. The standard InChI is InChI=1S/C45H26N4/c1-3-10-27(11-4-1)31-24-36-34-20-18-28-12-7-8-15-32(28)40(34)35-16-9-17-38-42(35)43(36)39(25-31)49(38)45-47-37-21-19-30-26-46-23-22-33(30)41(37)44(48-45)29-13-5-2-6-14-29/h1-26H. The van der Waals surface area contributed by atoms with Crippen LogP contribution in [0.1, 0.15) is 0 Å². The van der Waals surface area contributed by atoms with Crippen molar-refractivity contribution in [3.63, 3.8) is 0 Å². The number of hydrogen-bond acceptors (Lipinski definition) is 3. The van der Waals surface area contributed by atoms with Crippen LogP contribution in [-0.2, 0) is 0 Å². The highest BCUT2D eigenvalue weighted by Crippen LogP contribution is 2.47. The Kier molecular flexibility index (Phi) is 5.35. The molecule has 49 heavy (non-hydrogen) atoms. The molecule has 11 rings (SSSR count). The highest BCUT2D eigenvalue weighted by molar-refractivity contribution is 6.38. The molecule has 0 fully saturated rings. The van der Waals surface area contributed by atoms with Gasteiger partial charge < -0.3 is 0 Å². The summed E-state index contributed by atoms with van der Waals surface area (Å²) in [5.74, 6) is 0.656. The number of benzene rings is 8. The molecule has 0 aliphatic heterocycles. The zero-order valence-corrected chi connectivity index (χ0v) is 26.3. The van der Waals surface area contributed by atoms with Crippen molar-refractivity contribution in [1.82, 2.24) is 19.5 Å². The van der Waals surface area contributed by atoms with Gasteiger partial charge in [0, 0.05) is 39.5 Å². The molecule has 3 aromatic heterocycles. The first-order valence-corrected chi connectivity index (χ1v) is 16.6. The molecule has 4 heteroatoms. The monoisotopic (exact) mass is 622 g/mol. The highest BCUT2D eigenvalue weighted by Gasteiger charge is 2.24. The van der Waals surface area contributed by atoms with Crippen molar-refractivity contribution >= 4 is 75.8 Å². The van der Waals surface area contributed by atoms with Gasteiger partial charge in [-0.15, -0.1) is 0 Å². The lowest BCUT2D eigenvalue weighted by Crippen LogP contribution is -2.04. The fraction of sp³-hybridized carbons (Fsp3) is 0. The van der Waals surface area contributed by atoms with Gasteiger partial charge in [-0.1, -0.05) is 115 Å². The maximum absolute atomic E-state index is 5.48. The average molecular weight is 623 g/mol. The quantitative estimate of drug-likeness (QED) is 0.184. The molecule has 0 N–H and O–H groups in total. The Labute approximate surface area is 280 Å². The number of fused-ring (bicyclic) bond motifs is 8. The second-order valence-electron chi connectivity index (χ2n) is 12.8. The number of hydrogen-bond donors (Lipinski definition) is 0.